The normalized spacial score (nSPS) is 14.9. The highest BCUT2D eigenvalue weighted by atomic mass is 35.5. The molecule has 0 saturated carbocycles. The lowest BCUT2D eigenvalue weighted by molar-refractivity contribution is -0.172. The van der Waals surface area contributed by atoms with Crippen molar-refractivity contribution in [3.8, 4) is 5.75 Å². The SMILES string of the molecule is COCCOCOc1c2n(ccc1=O)NCN([C@H](C)C(F)(F)F)C2=O.Clc1cccc2c1CSc1ccccc1C2. The molecule has 0 bridgehead atoms. The summed E-state index contributed by atoms with van der Waals surface area (Å²) in [5, 5.41) is 0.901. The van der Waals surface area contributed by atoms with Crippen molar-refractivity contribution >= 4 is 29.3 Å². The van der Waals surface area contributed by atoms with Crippen LogP contribution in [0.5, 0.6) is 5.75 Å². The van der Waals surface area contributed by atoms with Gasteiger partial charge in [0.2, 0.25) is 11.2 Å². The van der Waals surface area contributed by atoms with Gasteiger partial charge in [-0.15, -0.1) is 11.8 Å². The molecule has 13 heteroatoms. The van der Waals surface area contributed by atoms with Crippen LogP contribution in [-0.4, -0.2) is 61.5 Å². The van der Waals surface area contributed by atoms with Crippen LogP contribution in [0.3, 0.4) is 0 Å². The van der Waals surface area contributed by atoms with Crippen molar-refractivity contribution in [3.05, 3.63) is 92.4 Å². The van der Waals surface area contributed by atoms with Crippen molar-refractivity contribution in [2.45, 2.75) is 36.2 Å². The molecule has 1 aromatic heterocycles. The standard InChI is InChI=1S/C14H11ClS.C14H18F3N3O5/c15-13-6-3-5-10-8-11-4-1-2-7-14(11)16-9-12(10)13;1-9(14(15,16)17)19-7-18-20-4-3-10(21)12(11(20)13(19)22)25-8-24-6-5-23-2/h1-7H,8-9H2;3-4,9,18H,5-8H2,1-2H3/t;9-/m.1/s1. The molecule has 2 aromatic carbocycles. The zero-order chi connectivity index (χ0) is 29.6. The van der Waals surface area contributed by atoms with E-state index in [-0.39, 0.29) is 31.5 Å². The molecule has 0 radical (unpaired) electrons. The number of pyridine rings is 1. The van der Waals surface area contributed by atoms with Crippen LogP contribution in [0, 0.1) is 0 Å². The van der Waals surface area contributed by atoms with Gasteiger partial charge in [-0.05, 0) is 42.2 Å². The minimum absolute atomic E-state index is 0.191. The van der Waals surface area contributed by atoms with Crippen LogP contribution >= 0.6 is 23.4 Å². The molecule has 5 rings (SSSR count). The molecular weight excluding hydrogens is 583 g/mol. The van der Waals surface area contributed by atoms with Crippen LogP contribution in [0.15, 0.2) is 64.4 Å². The predicted molar refractivity (Wildman–Crippen MR) is 150 cm³/mol. The Morgan fingerprint density at radius 3 is 2.59 bits per heavy atom. The number of fused-ring (bicyclic) bond motifs is 3. The highest BCUT2D eigenvalue weighted by Gasteiger charge is 2.44. The Hall–Kier alpha value is -3.19. The van der Waals surface area contributed by atoms with Crippen LogP contribution < -0.4 is 15.6 Å². The van der Waals surface area contributed by atoms with Crippen molar-refractivity contribution < 1.29 is 32.2 Å². The monoisotopic (exact) mass is 611 g/mol. The maximum atomic E-state index is 12.9. The third kappa shape index (κ3) is 7.37. The largest absolute Gasteiger partial charge is 0.461 e. The van der Waals surface area contributed by atoms with Gasteiger partial charge in [-0.1, -0.05) is 41.9 Å². The maximum Gasteiger partial charge on any atom is 0.408 e. The van der Waals surface area contributed by atoms with Crippen LogP contribution in [0.1, 0.15) is 34.1 Å². The first-order valence-corrected chi connectivity index (χ1v) is 14.0. The summed E-state index contributed by atoms with van der Waals surface area (Å²) >= 11 is 8.13. The molecule has 0 unspecified atom stereocenters. The second-order valence-corrected chi connectivity index (χ2v) is 10.6. The van der Waals surface area contributed by atoms with E-state index in [1.165, 1.54) is 34.9 Å². The average molecular weight is 612 g/mol. The topological polar surface area (TPSA) is 82.0 Å². The fraction of sp³-hybridized carbons (Fsp3) is 0.357. The van der Waals surface area contributed by atoms with Crippen LogP contribution in [0.25, 0.3) is 0 Å². The molecule has 220 valence electrons. The number of ether oxygens (including phenoxy) is 3. The lowest BCUT2D eigenvalue weighted by Gasteiger charge is -2.36. The van der Waals surface area contributed by atoms with Gasteiger partial charge in [0, 0.05) is 35.0 Å². The van der Waals surface area contributed by atoms with Gasteiger partial charge in [-0.3, -0.25) is 14.3 Å². The Bertz CT molecular complexity index is 1440. The number of benzene rings is 2. The van der Waals surface area contributed by atoms with Crippen LogP contribution in [-0.2, 0) is 21.6 Å². The van der Waals surface area contributed by atoms with Gasteiger partial charge in [-0.25, -0.2) is 0 Å². The van der Waals surface area contributed by atoms with E-state index < -0.39 is 23.6 Å². The number of aromatic nitrogens is 1. The van der Waals surface area contributed by atoms with E-state index in [0.29, 0.717) is 11.5 Å². The van der Waals surface area contributed by atoms with Crippen LogP contribution in [0.2, 0.25) is 5.02 Å². The van der Waals surface area contributed by atoms with E-state index in [9.17, 15) is 22.8 Å². The number of hydrogen-bond acceptors (Lipinski definition) is 7. The predicted octanol–water partition coefficient (Wildman–Crippen LogP) is 5.29. The lowest BCUT2D eigenvalue weighted by Crippen LogP contribution is -2.54. The molecular formula is C28H29ClF3N3O5S. The summed E-state index contributed by atoms with van der Waals surface area (Å²) in [6.07, 6.45) is -2.35. The molecule has 1 amide bonds. The second-order valence-electron chi connectivity index (χ2n) is 9.15. The van der Waals surface area contributed by atoms with Crippen molar-refractivity contribution in [1.82, 2.24) is 9.58 Å². The zero-order valence-corrected chi connectivity index (χ0v) is 23.9. The number of nitrogens with zero attached hydrogens (tertiary/aromatic N) is 2. The summed E-state index contributed by atoms with van der Waals surface area (Å²) in [7, 11) is 1.48. The van der Waals surface area contributed by atoms with Crippen molar-refractivity contribution in [1.29, 1.82) is 0 Å². The molecule has 1 N–H and O–H groups in total. The van der Waals surface area contributed by atoms with Gasteiger partial charge in [0.1, 0.15) is 12.7 Å². The van der Waals surface area contributed by atoms with Gasteiger partial charge in [0.15, 0.2) is 12.5 Å². The van der Waals surface area contributed by atoms with E-state index in [0.717, 1.165) is 34.9 Å². The molecule has 0 fully saturated rings. The Morgan fingerprint density at radius 1 is 1.07 bits per heavy atom. The average Bonchev–Trinajstić information content (AvgIpc) is 3.14. The summed E-state index contributed by atoms with van der Waals surface area (Å²) < 4.78 is 55.0. The number of hydrogen-bond donors (Lipinski definition) is 1. The molecule has 1 atom stereocenters. The Morgan fingerprint density at radius 2 is 1.83 bits per heavy atom. The summed E-state index contributed by atoms with van der Waals surface area (Å²) in [5.41, 5.74) is 5.73. The molecule has 41 heavy (non-hydrogen) atoms. The minimum atomic E-state index is -4.60. The molecule has 2 aliphatic heterocycles. The Kier molecular flexibility index (Phi) is 10.2. The fourth-order valence-corrected chi connectivity index (χ4v) is 5.70. The molecule has 2 aliphatic rings. The number of halogens is 4. The van der Waals surface area contributed by atoms with Gasteiger partial charge in [-0.2, -0.15) is 13.2 Å². The molecule has 8 nitrogen and oxygen atoms in total. The number of thioether (sulfide) groups is 1. The fourth-order valence-electron chi connectivity index (χ4n) is 4.22. The number of carbonyl (C=O) groups is 1. The number of amides is 1. The molecule has 3 heterocycles. The third-order valence-corrected chi connectivity index (χ3v) is 8.03. The van der Waals surface area contributed by atoms with E-state index >= 15 is 0 Å². The van der Waals surface area contributed by atoms with E-state index in [1.807, 2.05) is 23.9 Å². The van der Waals surface area contributed by atoms with Gasteiger partial charge < -0.3 is 24.5 Å². The van der Waals surface area contributed by atoms with Crippen LogP contribution in [0.4, 0.5) is 13.2 Å². The summed E-state index contributed by atoms with van der Waals surface area (Å²) in [4.78, 5) is 26.5. The highest BCUT2D eigenvalue weighted by molar-refractivity contribution is 7.98. The molecule has 0 spiro atoms. The van der Waals surface area contributed by atoms with Crippen molar-refractivity contribution in [3.63, 3.8) is 0 Å². The highest BCUT2D eigenvalue weighted by Crippen LogP contribution is 2.36. The van der Waals surface area contributed by atoms with Crippen molar-refractivity contribution in [2.24, 2.45) is 0 Å². The smallest absolute Gasteiger partial charge is 0.408 e. The zero-order valence-electron chi connectivity index (χ0n) is 22.4. The molecule has 0 aliphatic carbocycles. The second kappa shape index (κ2) is 13.6. The number of methoxy groups -OCH3 is 1. The number of carbonyl (C=O) groups excluding carboxylic acids is 1. The van der Waals surface area contributed by atoms with E-state index in [4.69, 9.17) is 25.8 Å². The van der Waals surface area contributed by atoms with Gasteiger partial charge in [0.25, 0.3) is 5.91 Å². The third-order valence-electron chi connectivity index (χ3n) is 6.53. The number of alkyl halides is 3. The summed E-state index contributed by atoms with van der Waals surface area (Å²) in [5.74, 6) is -0.365. The van der Waals surface area contributed by atoms with E-state index in [2.05, 4.69) is 35.8 Å². The van der Waals surface area contributed by atoms with Crippen molar-refractivity contribution in [2.75, 3.05) is 39.2 Å². The molecule has 3 aromatic rings. The molecule has 0 saturated heterocycles. The first-order valence-electron chi connectivity index (χ1n) is 12.7. The Balaban J connectivity index is 0.000000206. The van der Waals surface area contributed by atoms with Gasteiger partial charge in [0.05, 0.1) is 13.2 Å². The first kappa shape index (κ1) is 30.8. The first-order chi connectivity index (χ1) is 19.6. The Labute approximate surface area is 244 Å². The van der Waals surface area contributed by atoms with E-state index in [1.54, 1.807) is 0 Å². The minimum Gasteiger partial charge on any atom is -0.461 e. The summed E-state index contributed by atoms with van der Waals surface area (Å²) in [6.45, 7) is 0.643. The number of nitrogens with one attached hydrogen (secondary N) is 1. The lowest BCUT2D eigenvalue weighted by atomic mass is 10.0. The maximum absolute atomic E-state index is 12.9. The quantitative estimate of drug-likeness (QED) is 0.287. The van der Waals surface area contributed by atoms with Gasteiger partial charge >= 0.3 is 6.18 Å². The summed E-state index contributed by atoms with van der Waals surface area (Å²) in [6, 6.07) is 13.9. The number of rotatable bonds is 7.